The Balaban J connectivity index is 1.48. The van der Waals surface area contributed by atoms with Gasteiger partial charge in [-0.3, -0.25) is 0 Å². The monoisotopic (exact) mass is 369 g/mol. The Kier molecular flexibility index (Phi) is 5.11. The van der Waals surface area contributed by atoms with Crippen LogP contribution in [0.1, 0.15) is 17.0 Å². The van der Waals surface area contributed by atoms with Crippen LogP contribution in [0.15, 0.2) is 48.5 Å². The maximum Gasteiger partial charge on any atom is 0.410 e. The van der Waals surface area contributed by atoms with Gasteiger partial charge in [0.15, 0.2) is 6.29 Å². The number of carbonyl (C=O) groups excluding carboxylic acids is 1. The lowest BCUT2D eigenvalue weighted by Crippen LogP contribution is -2.52. The molecular formula is C21H23NO5. The van der Waals surface area contributed by atoms with E-state index >= 15 is 0 Å². The Bertz CT molecular complexity index is 766. The minimum absolute atomic E-state index is 0.0225. The molecule has 2 aromatic rings. The number of aliphatic hydroxyl groups is 1. The van der Waals surface area contributed by atoms with E-state index in [0.717, 1.165) is 0 Å². The van der Waals surface area contributed by atoms with E-state index in [2.05, 4.69) is 24.3 Å². The molecule has 142 valence electrons. The third kappa shape index (κ3) is 3.43. The average Bonchev–Trinajstić information content (AvgIpc) is 3.05. The van der Waals surface area contributed by atoms with Crippen LogP contribution in [0.4, 0.5) is 4.79 Å². The number of morpholine rings is 1. The number of nitrogens with zero attached hydrogens (tertiary/aromatic N) is 1. The summed E-state index contributed by atoms with van der Waals surface area (Å²) >= 11 is 0. The van der Waals surface area contributed by atoms with Crippen LogP contribution in [0.3, 0.4) is 0 Å². The molecule has 2 aliphatic rings. The summed E-state index contributed by atoms with van der Waals surface area (Å²) in [6.45, 7) is 0.662. The number of benzene rings is 2. The van der Waals surface area contributed by atoms with Gasteiger partial charge in [0.05, 0.1) is 19.7 Å². The van der Waals surface area contributed by atoms with Crippen LogP contribution in [-0.2, 0) is 14.2 Å². The van der Waals surface area contributed by atoms with Gasteiger partial charge < -0.3 is 24.2 Å². The second-order valence-electron chi connectivity index (χ2n) is 6.81. The van der Waals surface area contributed by atoms with Crippen molar-refractivity contribution in [2.45, 2.75) is 18.3 Å². The minimum Gasteiger partial charge on any atom is -0.448 e. The van der Waals surface area contributed by atoms with Gasteiger partial charge in [0.25, 0.3) is 0 Å². The quantitative estimate of drug-likeness (QED) is 0.897. The lowest BCUT2D eigenvalue weighted by molar-refractivity contribution is -0.200. The van der Waals surface area contributed by atoms with Crippen LogP contribution >= 0.6 is 0 Å². The van der Waals surface area contributed by atoms with Crippen LogP contribution in [0.5, 0.6) is 0 Å². The predicted molar refractivity (Wildman–Crippen MR) is 99.4 cm³/mol. The van der Waals surface area contributed by atoms with Gasteiger partial charge >= 0.3 is 6.09 Å². The third-order valence-electron chi connectivity index (χ3n) is 5.20. The number of hydrogen-bond acceptors (Lipinski definition) is 5. The molecule has 1 fully saturated rings. The van der Waals surface area contributed by atoms with Crippen molar-refractivity contribution in [1.82, 2.24) is 4.90 Å². The highest BCUT2D eigenvalue weighted by Crippen LogP contribution is 2.44. The second kappa shape index (κ2) is 7.68. The zero-order chi connectivity index (χ0) is 18.8. The van der Waals surface area contributed by atoms with Gasteiger partial charge in [-0.1, -0.05) is 48.5 Å². The molecule has 0 spiro atoms. The van der Waals surface area contributed by atoms with Gasteiger partial charge in [0, 0.05) is 13.0 Å². The number of methoxy groups -OCH3 is 1. The highest BCUT2D eigenvalue weighted by Gasteiger charge is 2.33. The predicted octanol–water partition coefficient (Wildman–Crippen LogP) is 2.60. The standard InChI is InChI=1S/C21H23NO5/c1-25-20-11-22(10-14(12-23)27-20)21(24)26-13-19-17-8-4-2-6-15(17)16-7-3-5-9-18(16)19/h2-9,14,19-20,23H,10-13H2,1H3/t14-,20-/m0/s1. The molecule has 1 saturated heterocycles. The minimum atomic E-state index is -0.559. The zero-order valence-corrected chi connectivity index (χ0v) is 15.2. The fourth-order valence-corrected chi connectivity index (χ4v) is 3.87. The molecule has 0 radical (unpaired) electrons. The Morgan fingerprint density at radius 1 is 1.11 bits per heavy atom. The van der Waals surface area contributed by atoms with Crippen molar-refractivity contribution in [3.05, 3.63) is 59.7 Å². The topological polar surface area (TPSA) is 68.2 Å². The van der Waals surface area contributed by atoms with E-state index in [1.54, 1.807) is 0 Å². The molecule has 0 bridgehead atoms. The number of ether oxygens (including phenoxy) is 3. The Morgan fingerprint density at radius 2 is 1.74 bits per heavy atom. The summed E-state index contributed by atoms with van der Waals surface area (Å²) in [5, 5.41) is 9.37. The molecule has 6 nitrogen and oxygen atoms in total. The first kappa shape index (κ1) is 18.0. The van der Waals surface area contributed by atoms with Crippen LogP contribution < -0.4 is 0 Å². The van der Waals surface area contributed by atoms with Crippen molar-refractivity contribution in [1.29, 1.82) is 0 Å². The fourth-order valence-electron chi connectivity index (χ4n) is 3.87. The molecule has 27 heavy (non-hydrogen) atoms. The van der Waals surface area contributed by atoms with Gasteiger partial charge in [-0.15, -0.1) is 0 Å². The Labute approximate surface area is 158 Å². The molecule has 0 aromatic heterocycles. The highest BCUT2D eigenvalue weighted by atomic mass is 16.7. The summed E-state index contributed by atoms with van der Waals surface area (Å²) < 4.78 is 16.4. The first-order chi connectivity index (χ1) is 13.2. The Hall–Kier alpha value is -2.41. The maximum absolute atomic E-state index is 12.6. The van der Waals surface area contributed by atoms with E-state index in [0.29, 0.717) is 0 Å². The van der Waals surface area contributed by atoms with Crippen molar-refractivity contribution < 1.29 is 24.1 Å². The summed E-state index contributed by atoms with van der Waals surface area (Å²) in [5.41, 5.74) is 4.74. The molecule has 1 amide bonds. The number of hydrogen-bond donors (Lipinski definition) is 1. The zero-order valence-electron chi connectivity index (χ0n) is 15.2. The molecule has 4 rings (SSSR count). The van der Waals surface area contributed by atoms with Crippen molar-refractivity contribution in [2.75, 3.05) is 33.4 Å². The first-order valence-corrected chi connectivity index (χ1v) is 9.10. The van der Waals surface area contributed by atoms with Crippen LogP contribution in [-0.4, -0.2) is 61.9 Å². The van der Waals surface area contributed by atoms with Crippen molar-refractivity contribution in [2.24, 2.45) is 0 Å². The van der Waals surface area contributed by atoms with Gasteiger partial charge in [-0.05, 0) is 22.3 Å². The molecule has 0 unspecified atom stereocenters. The summed E-state index contributed by atoms with van der Waals surface area (Å²) in [6, 6.07) is 16.5. The van der Waals surface area contributed by atoms with Crippen molar-refractivity contribution >= 4 is 6.09 Å². The fraction of sp³-hybridized carbons (Fsp3) is 0.381. The SMILES string of the molecule is CO[C@@H]1CN(C(=O)OCC2c3ccccc3-c3ccccc32)C[C@@H](CO)O1. The number of aliphatic hydroxyl groups excluding tert-OH is 1. The smallest absolute Gasteiger partial charge is 0.410 e. The van der Waals surface area contributed by atoms with E-state index in [4.69, 9.17) is 14.2 Å². The molecule has 2 atom stereocenters. The Morgan fingerprint density at radius 3 is 2.33 bits per heavy atom. The number of fused-ring (bicyclic) bond motifs is 3. The molecule has 2 aromatic carbocycles. The number of carbonyl (C=O) groups is 1. The third-order valence-corrected chi connectivity index (χ3v) is 5.20. The van der Waals surface area contributed by atoms with Gasteiger partial charge in [-0.2, -0.15) is 0 Å². The van der Waals surface area contributed by atoms with E-state index in [-0.39, 0.29) is 32.2 Å². The summed E-state index contributed by atoms with van der Waals surface area (Å²) in [6.07, 6.45) is -1.44. The highest BCUT2D eigenvalue weighted by molar-refractivity contribution is 5.79. The van der Waals surface area contributed by atoms with Crippen molar-refractivity contribution in [3.63, 3.8) is 0 Å². The molecule has 1 N–H and O–H groups in total. The lowest BCUT2D eigenvalue weighted by Gasteiger charge is -2.36. The van der Waals surface area contributed by atoms with Crippen LogP contribution in [0, 0.1) is 0 Å². The van der Waals surface area contributed by atoms with Crippen LogP contribution in [0.2, 0.25) is 0 Å². The summed E-state index contributed by atoms with van der Waals surface area (Å²) in [7, 11) is 1.51. The largest absolute Gasteiger partial charge is 0.448 e. The van der Waals surface area contributed by atoms with E-state index in [9.17, 15) is 9.90 Å². The maximum atomic E-state index is 12.6. The molecule has 1 aliphatic carbocycles. The summed E-state index contributed by atoms with van der Waals surface area (Å²) in [4.78, 5) is 14.1. The van der Waals surface area contributed by atoms with Crippen molar-refractivity contribution in [3.8, 4) is 11.1 Å². The lowest BCUT2D eigenvalue weighted by atomic mass is 9.98. The van der Waals surface area contributed by atoms with E-state index in [1.807, 2.05) is 24.3 Å². The molecule has 1 heterocycles. The number of rotatable bonds is 4. The number of amides is 1. The summed E-state index contributed by atoms with van der Waals surface area (Å²) in [5.74, 6) is 0.0225. The van der Waals surface area contributed by atoms with Gasteiger partial charge in [0.1, 0.15) is 12.7 Å². The molecule has 0 saturated carbocycles. The van der Waals surface area contributed by atoms with E-state index < -0.39 is 18.5 Å². The van der Waals surface area contributed by atoms with Gasteiger partial charge in [-0.25, -0.2) is 4.79 Å². The molecule has 6 heteroatoms. The second-order valence-corrected chi connectivity index (χ2v) is 6.81. The van der Waals surface area contributed by atoms with E-state index in [1.165, 1.54) is 34.3 Å². The normalized spacial score (nSPS) is 21.6. The van der Waals surface area contributed by atoms with Gasteiger partial charge in [0.2, 0.25) is 0 Å². The molecule has 1 aliphatic heterocycles. The molecular weight excluding hydrogens is 346 g/mol. The van der Waals surface area contributed by atoms with Crippen LogP contribution in [0.25, 0.3) is 11.1 Å². The first-order valence-electron chi connectivity index (χ1n) is 9.10. The average molecular weight is 369 g/mol.